The first-order valence-electron chi connectivity index (χ1n) is 7.93. The quantitative estimate of drug-likeness (QED) is 0.331. The van der Waals surface area contributed by atoms with Crippen molar-refractivity contribution in [1.82, 2.24) is 9.99 Å². The first-order valence-corrected chi connectivity index (χ1v) is 8.74. The van der Waals surface area contributed by atoms with Crippen LogP contribution in [0.2, 0.25) is 0 Å². The monoisotopic (exact) mass is 544 g/mol. The van der Waals surface area contributed by atoms with Crippen molar-refractivity contribution in [2.45, 2.75) is 39.0 Å². The largest absolute Gasteiger partial charge is 0.497 e. The Morgan fingerprint density at radius 1 is 1.16 bits per heavy atom. The Hall–Kier alpha value is 2.92. The number of benzene rings is 1. The van der Waals surface area contributed by atoms with Gasteiger partial charge in [-0.25, -0.2) is 6.54 Å². The van der Waals surface area contributed by atoms with Gasteiger partial charge in [-0.05, 0) is 49.5 Å². The summed E-state index contributed by atoms with van der Waals surface area (Å²) >= 11 is 0. The van der Waals surface area contributed by atoms with Gasteiger partial charge in [-0.2, -0.15) is 0 Å². The average Bonchev–Trinajstić information content (AvgIpc) is 2.57. The van der Waals surface area contributed by atoms with Crippen molar-refractivity contribution >= 4 is 8.61 Å². The third-order valence-corrected chi connectivity index (χ3v) is 4.01. The molecule has 1 radical (unpaired) electrons. The summed E-state index contributed by atoms with van der Waals surface area (Å²) in [5.74, 6) is 1.52. The number of methoxy groups -OCH3 is 1. The molecule has 0 saturated carbocycles. The minimum absolute atomic E-state index is 0. The summed E-state index contributed by atoms with van der Waals surface area (Å²) in [6.45, 7) is 9.50. The fourth-order valence-electron chi connectivity index (χ4n) is 2.34. The molecule has 1 aromatic rings. The maximum absolute atomic E-state index is 9.98. The average molecular weight is 544 g/mol. The number of likely N-dealkylation sites (tertiary alicyclic amines) is 1. The summed E-state index contributed by atoms with van der Waals surface area (Å²) in [6, 6.07) is 8.19. The smallest absolute Gasteiger partial charge is 0.213 e. The Balaban J connectivity index is -0.000000346. The second-order valence-corrected chi connectivity index (χ2v) is 6.15. The third kappa shape index (κ3) is 16.4. The van der Waals surface area contributed by atoms with Crippen LogP contribution in [-0.2, 0) is 4.57 Å². The maximum Gasteiger partial charge on any atom is 0.213 e. The van der Waals surface area contributed by atoms with Gasteiger partial charge in [-0.3, -0.25) is 4.57 Å². The molecule has 143 valence electrons. The third-order valence-electron chi connectivity index (χ3n) is 3.72. The van der Waals surface area contributed by atoms with Gasteiger partial charge in [0, 0.05) is 117 Å². The molecule has 1 aliphatic heterocycles. The summed E-state index contributed by atoms with van der Waals surface area (Å²) in [6.07, 6.45) is 3.98. The van der Waals surface area contributed by atoms with Crippen molar-refractivity contribution in [2.75, 3.05) is 26.7 Å². The number of piperidine rings is 1. The van der Waals surface area contributed by atoms with Crippen molar-refractivity contribution in [1.29, 1.82) is 0 Å². The molecule has 1 fully saturated rings. The number of nitrogens with zero attached hydrogens (tertiary/aromatic N) is 1. The van der Waals surface area contributed by atoms with Crippen LogP contribution in [0.3, 0.4) is 0 Å². The Labute approximate surface area is 248 Å². The van der Waals surface area contributed by atoms with Gasteiger partial charge in [0.05, 0.1) is 7.11 Å². The Kier molecular flexibility index (Phi) is 28.2. The molecule has 2 rings (SSSR count). The van der Waals surface area contributed by atoms with Crippen LogP contribution >= 0.6 is 8.61 Å². The van der Waals surface area contributed by atoms with Crippen LogP contribution in [0.4, 0.5) is 0 Å². The number of rotatable bonds is 6. The van der Waals surface area contributed by atoms with E-state index in [9.17, 15) is 4.57 Å². The van der Waals surface area contributed by atoms with Crippen molar-refractivity contribution in [3.8, 4) is 5.75 Å². The minimum atomic E-state index is 0. The maximum atomic E-state index is 9.98. The molecule has 4 nitrogen and oxygen atoms in total. The van der Waals surface area contributed by atoms with Crippen LogP contribution in [0.1, 0.15) is 44.6 Å². The van der Waals surface area contributed by atoms with E-state index in [1.165, 1.54) is 37.9 Å². The first kappa shape index (κ1) is 32.6. The van der Waals surface area contributed by atoms with Crippen LogP contribution < -0.4 is 9.82 Å². The van der Waals surface area contributed by atoms with E-state index in [1.54, 1.807) is 7.11 Å². The molecule has 1 aliphatic rings. The van der Waals surface area contributed by atoms with E-state index in [0.717, 1.165) is 12.3 Å². The molecule has 0 unspecified atom stereocenters. The summed E-state index contributed by atoms with van der Waals surface area (Å²) in [5.41, 5.74) is 1.35. The van der Waals surface area contributed by atoms with Gasteiger partial charge in [0.1, 0.15) is 5.75 Å². The van der Waals surface area contributed by atoms with E-state index in [1.807, 2.05) is 18.7 Å². The molecule has 1 saturated heterocycles. The van der Waals surface area contributed by atoms with Gasteiger partial charge >= 0.3 is 0 Å². The van der Waals surface area contributed by atoms with E-state index in [0.29, 0.717) is 5.92 Å². The van der Waals surface area contributed by atoms with Crippen molar-refractivity contribution in [3.63, 3.8) is 0 Å². The molecule has 0 atom stereocenters. The Morgan fingerprint density at radius 2 is 1.72 bits per heavy atom. The number of ether oxygens (including phenoxy) is 1. The zero-order valence-electron chi connectivity index (χ0n) is 15.2. The predicted molar refractivity (Wildman–Crippen MR) is 92.4 cm³/mol. The molecule has 1 N–H and O–H groups in total. The van der Waals surface area contributed by atoms with Gasteiger partial charge in [0.2, 0.25) is 8.61 Å². The summed E-state index contributed by atoms with van der Waals surface area (Å²) in [5, 5.41) is 2.65. The van der Waals surface area contributed by atoms with Crippen LogP contribution in [0.25, 0.3) is 0 Å². The topological polar surface area (TPSA) is 41.6 Å². The summed E-state index contributed by atoms with van der Waals surface area (Å²) in [7, 11) is 1.69. The molecule has 0 bridgehead atoms. The zero-order chi connectivity index (χ0) is 16.2. The van der Waals surface area contributed by atoms with Crippen LogP contribution in [-0.4, -0.2) is 31.6 Å². The fraction of sp³-hybridized carbons (Fsp3) is 0.588. The minimum Gasteiger partial charge on any atom is -0.497 e. The van der Waals surface area contributed by atoms with E-state index >= 15 is 0 Å². The van der Waals surface area contributed by atoms with Crippen molar-refractivity contribution in [3.05, 3.63) is 36.4 Å². The second kappa shape index (κ2) is 21.6. The predicted octanol–water partition coefficient (Wildman–Crippen LogP) is 4.25. The van der Waals surface area contributed by atoms with Gasteiger partial charge in [-0.1, -0.05) is 32.4 Å². The fourth-order valence-corrected chi connectivity index (χ4v) is 2.49. The SMILES string of the molecule is COc1ccc(C(C)C)cc1.O=PN[CH-]CN1CCCCC1.[Ar].[Ar].[Pr]. The van der Waals surface area contributed by atoms with Gasteiger partial charge < -0.3 is 14.7 Å². The van der Waals surface area contributed by atoms with Crippen molar-refractivity contribution < 1.29 is 126 Å². The molecule has 0 amide bonds. The molecule has 25 heavy (non-hydrogen) atoms. The van der Waals surface area contributed by atoms with Gasteiger partial charge in [0.25, 0.3) is 0 Å². The van der Waals surface area contributed by atoms with Crippen LogP contribution in [0.15, 0.2) is 24.3 Å². The molecular formula is C17H28Ar2N2O2PPr-. The molecule has 8 heteroatoms. The number of nitrogens with one attached hydrogen (secondary N) is 1. The molecular weight excluding hydrogens is 516 g/mol. The van der Waals surface area contributed by atoms with Crippen LogP contribution in [0, 0.1) is 123 Å². The molecule has 0 aromatic heterocycles. The van der Waals surface area contributed by atoms with Gasteiger partial charge in [0.15, 0.2) is 0 Å². The van der Waals surface area contributed by atoms with E-state index in [2.05, 4.69) is 36.0 Å². The molecule has 0 aliphatic carbocycles. The first-order chi connectivity index (χ1) is 10.7. The molecule has 1 heterocycles. The summed E-state index contributed by atoms with van der Waals surface area (Å²) < 4.78 is 15.0. The standard InChI is InChI=1S/C10H14O.C7H14N2OP.2Ar.Pr/c1-8(2)9-4-6-10(11-3)7-5-9;10-11-8-4-7-9-5-2-1-3-6-9;;;/h4-8H,1-3H3;4H,1-3,5-7H2,(H,8,10);;;/q;-1;;;. The molecule has 0 spiro atoms. The van der Waals surface area contributed by atoms with Crippen molar-refractivity contribution in [2.24, 2.45) is 0 Å². The van der Waals surface area contributed by atoms with E-state index in [-0.39, 0.29) is 125 Å². The normalized spacial score (nSPS) is 13.6. The van der Waals surface area contributed by atoms with Crippen LogP contribution in [0.5, 0.6) is 5.75 Å². The number of hydrogen-bond acceptors (Lipinski definition) is 3. The second-order valence-electron chi connectivity index (χ2n) is 5.71. The van der Waals surface area contributed by atoms with E-state index in [4.69, 9.17) is 4.74 Å². The van der Waals surface area contributed by atoms with E-state index < -0.39 is 0 Å². The molecule has 1 aromatic carbocycles. The Morgan fingerprint density at radius 3 is 2.16 bits per heavy atom. The Bertz CT molecular complexity index is 420. The van der Waals surface area contributed by atoms with Gasteiger partial charge in [-0.15, -0.1) is 6.54 Å². The zero-order valence-corrected chi connectivity index (χ0v) is 21.2. The number of hydrogen-bond donors (Lipinski definition) is 1. The summed E-state index contributed by atoms with van der Waals surface area (Å²) in [4.78, 5) is 2.36.